The van der Waals surface area contributed by atoms with E-state index < -0.39 is 17.7 Å². The molecule has 0 aromatic heterocycles. The van der Waals surface area contributed by atoms with Crippen molar-refractivity contribution in [2.24, 2.45) is 11.8 Å². The van der Waals surface area contributed by atoms with Gasteiger partial charge in [-0.1, -0.05) is 13.0 Å². The van der Waals surface area contributed by atoms with Gasteiger partial charge in [-0.3, -0.25) is 9.59 Å². The zero-order valence-corrected chi connectivity index (χ0v) is 10.9. The molecule has 4 nitrogen and oxygen atoms in total. The van der Waals surface area contributed by atoms with Crippen molar-refractivity contribution in [2.75, 3.05) is 13.1 Å². The predicted molar refractivity (Wildman–Crippen MR) is 67.3 cm³/mol. The summed E-state index contributed by atoms with van der Waals surface area (Å²) in [5.74, 6) is -2.24. The molecular formula is C14H16FNO3. The lowest BCUT2D eigenvalue weighted by molar-refractivity contribution is -0.142. The van der Waals surface area contributed by atoms with Crippen LogP contribution in [0.4, 0.5) is 4.39 Å². The van der Waals surface area contributed by atoms with E-state index >= 15 is 0 Å². The van der Waals surface area contributed by atoms with E-state index in [1.165, 1.54) is 17.0 Å². The van der Waals surface area contributed by atoms with Gasteiger partial charge < -0.3 is 10.0 Å². The number of aliphatic carboxylic acids is 1. The molecule has 1 aliphatic rings. The van der Waals surface area contributed by atoms with Gasteiger partial charge in [0.1, 0.15) is 5.82 Å². The van der Waals surface area contributed by atoms with Gasteiger partial charge in [-0.2, -0.15) is 0 Å². The Hall–Kier alpha value is -1.91. The third kappa shape index (κ3) is 2.45. The molecule has 1 N–H and O–H groups in total. The second-order valence-electron chi connectivity index (χ2n) is 5.04. The number of hydrogen-bond donors (Lipinski definition) is 1. The van der Waals surface area contributed by atoms with E-state index in [1.54, 1.807) is 13.0 Å². The van der Waals surface area contributed by atoms with E-state index in [9.17, 15) is 14.0 Å². The molecule has 0 saturated carbocycles. The number of carboxylic acid groups (broad SMARTS) is 1. The van der Waals surface area contributed by atoms with Crippen LogP contribution >= 0.6 is 0 Å². The maximum absolute atomic E-state index is 13.4. The number of carbonyl (C=O) groups is 2. The van der Waals surface area contributed by atoms with Crippen LogP contribution in [0.25, 0.3) is 0 Å². The molecule has 1 aromatic rings. The summed E-state index contributed by atoms with van der Waals surface area (Å²) in [6.07, 6.45) is 0. The Morgan fingerprint density at radius 1 is 1.37 bits per heavy atom. The molecule has 1 fully saturated rings. The summed E-state index contributed by atoms with van der Waals surface area (Å²) < 4.78 is 13.4. The molecule has 1 aromatic carbocycles. The lowest BCUT2D eigenvalue weighted by atomic mass is 9.99. The molecular weight excluding hydrogens is 249 g/mol. The summed E-state index contributed by atoms with van der Waals surface area (Å²) in [6, 6.07) is 4.36. The van der Waals surface area contributed by atoms with Gasteiger partial charge in [0.05, 0.1) is 5.92 Å². The predicted octanol–water partition coefficient (Wildman–Crippen LogP) is 1.93. The van der Waals surface area contributed by atoms with Crippen molar-refractivity contribution in [3.8, 4) is 0 Å². The van der Waals surface area contributed by atoms with Crippen molar-refractivity contribution in [3.05, 3.63) is 35.1 Å². The summed E-state index contributed by atoms with van der Waals surface area (Å²) in [6.45, 7) is 3.94. The Morgan fingerprint density at radius 2 is 2.05 bits per heavy atom. The highest BCUT2D eigenvalue weighted by Gasteiger charge is 2.37. The minimum absolute atomic E-state index is 0.0877. The third-order valence-electron chi connectivity index (χ3n) is 3.71. The molecule has 5 heteroatoms. The quantitative estimate of drug-likeness (QED) is 0.888. The van der Waals surface area contributed by atoms with Gasteiger partial charge in [-0.05, 0) is 30.5 Å². The zero-order valence-electron chi connectivity index (χ0n) is 10.9. The number of halogens is 1. The molecule has 102 valence electrons. The van der Waals surface area contributed by atoms with E-state index in [1.807, 2.05) is 6.92 Å². The van der Waals surface area contributed by atoms with Crippen LogP contribution < -0.4 is 0 Å². The van der Waals surface area contributed by atoms with E-state index in [0.29, 0.717) is 17.7 Å². The van der Waals surface area contributed by atoms with Gasteiger partial charge in [0.25, 0.3) is 5.91 Å². The van der Waals surface area contributed by atoms with Crippen molar-refractivity contribution in [2.45, 2.75) is 13.8 Å². The van der Waals surface area contributed by atoms with Gasteiger partial charge in [0.2, 0.25) is 0 Å². The smallest absolute Gasteiger partial charge is 0.308 e. The third-order valence-corrected chi connectivity index (χ3v) is 3.71. The van der Waals surface area contributed by atoms with Crippen LogP contribution in [-0.4, -0.2) is 35.0 Å². The number of rotatable bonds is 2. The molecule has 1 saturated heterocycles. The molecule has 0 spiro atoms. The van der Waals surface area contributed by atoms with Crippen molar-refractivity contribution in [1.82, 2.24) is 4.90 Å². The number of hydrogen-bond acceptors (Lipinski definition) is 2. The fourth-order valence-electron chi connectivity index (χ4n) is 2.46. The van der Waals surface area contributed by atoms with Crippen molar-refractivity contribution in [1.29, 1.82) is 0 Å². The van der Waals surface area contributed by atoms with E-state index in [-0.39, 0.29) is 18.4 Å². The normalized spacial score (nSPS) is 22.6. The SMILES string of the molecule is Cc1c(F)cccc1C(=O)N1C[C@@H](C)[C@H](C(=O)O)C1. The minimum atomic E-state index is -0.890. The first kappa shape index (κ1) is 13.5. The van der Waals surface area contributed by atoms with Gasteiger partial charge in [0, 0.05) is 18.7 Å². The van der Waals surface area contributed by atoms with Crippen LogP contribution in [0.5, 0.6) is 0 Å². The maximum atomic E-state index is 13.4. The van der Waals surface area contributed by atoms with Crippen LogP contribution in [0.15, 0.2) is 18.2 Å². The molecule has 1 amide bonds. The summed E-state index contributed by atoms with van der Waals surface area (Å²) in [7, 11) is 0. The van der Waals surface area contributed by atoms with Crippen LogP contribution in [0.1, 0.15) is 22.8 Å². The Balaban J connectivity index is 2.22. The lowest BCUT2D eigenvalue weighted by Gasteiger charge is -2.17. The number of carboxylic acids is 1. The van der Waals surface area contributed by atoms with E-state index in [2.05, 4.69) is 0 Å². The topological polar surface area (TPSA) is 57.6 Å². The molecule has 2 atom stereocenters. The molecule has 0 radical (unpaired) electrons. The Bertz CT molecular complexity index is 529. The highest BCUT2D eigenvalue weighted by Crippen LogP contribution is 2.25. The van der Waals surface area contributed by atoms with Gasteiger partial charge in [0.15, 0.2) is 0 Å². The van der Waals surface area contributed by atoms with Gasteiger partial charge >= 0.3 is 5.97 Å². The zero-order chi connectivity index (χ0) is 14.2. The molecule has 1 aliphatic heterocycles. The van der Waals surface area contributed by atoms with Crippen LogP contribution in [0.3, 0.4) is 0 Å². The van der Waals surface area contributed by atoms with Gasteiger partial charge in [-0.15, -0.1) is 0 Å². The Morgan fingerprint density at radius 3 is 2.63 bits per heavy atom. The minimum Gasteiger partial charge on any atom is -0.481 e. The second kappa shape index (κ2) is 4.99. The first-order chi connectivity index (χ1) is 8.91. The van der Waals surface area contributed by atoms with Gasteiger partial charge in [-0.25, -0.2) is 4.39 Å². The largest absolute Gasteiger partial charge is 0.481 e. The lowest BCUT2D eigenvalue weighted by Crippen LogP contribution is -2.30. The maximum Gasteiger partial charge on any atom is 0.308 e. The molecule has 0 aliphatic carbocycles. The Labute approximate surface area is 110 Å². The Kier molecular flexibility index (Phi) is 3.55. The second-order valence-corrected chi connectivity index (χ2v) is 5.04. The molecule has 19 heavy (non-hydrogen) atoms. The van der Waals surface area contributed by atoms with Crippen molar-refractivity contribution in [3.63, 3.8) is 0 Å². The summed E-state index contributed by atoms with van der Waals surface area (Å²) in [5, 5.41) is 9.05. The summed E-state index contributed by atoms with van der Waals surface area (Å²) in [4.78, 5) is 24.8. The molecule has 2 rings (SSSR count). The van der Waals surface area contributed by atoms with Crippen molar-refractivity contribution >= 4 is 11.9 Å². The van der Waals surface area contributed by atoms with Crippen LogP contribution in [0.2, 0.25) is 0 Å². The fourth-order valence-corrected chi connectivity index (χ4v) is 2.46. The average Bonchev–Trinajstić information content (AvgIpc) is 2.74. The molecule has 0 bridgehead atoms. The van der Waals surface area contributed by atoms with Crippen LogP contribution in [-0.2, 0) is 4.79 Å². The molecule has 1 heterocycles. The van der Waals surface area contributed by atoms with Crippen molar-refractivity contribution < 1.29 is 19.1 Å². The number of nitrogens with zero attached hydrogens (tertiary/aromatic N) is 1. The number of amides is 1. The average molecular weight is 265 g/mol. The molecule has 0 unspecified atom stereocenters. The standard InChI is InChI=1S/C14H16FNO3/c1-8-6-16(7-11(8)14(18)19)13(17)10-4-3-5-12(15)9(10)2/h3-5,8,11H,6-7H2,1-2H3,(H,18,19)/t8-,11-/m1/s1. The van der Waals surface area contributed by atoms with Crippen LogP contribution in [0, 0.1) is 24.6 Å². The number of likely N-dealkylation sites (tertiary alicyclic amines) is 1. The monoisotopic (exact) mass is 265 g/mol. The summed E-state index contributed by atoms with van der Waals surface area (Å²) in [5.41, 5.74) is 0.608. The first-order valence-corrected chi connectivity index (χ1v) is 6.19. The fraction of sp³-hybridized carbons (Fsp3) is 0.429. The summed E-state index contributed by atoms with van der Waals surface area (Å²) >= 11 is 0. The first-order valence-electron chi connectivity index (χ1n) is 6.19. The number of carbonyl (C=O) groups excluding carboxylic acids is 1. The van der Waals surface area contributed by atoms with E-state index in [4.69, 9.17) is 5.11 Å². The highest BCUT2D eigenvalue weighted by molar-refractivity contribution is 5.96. The van der Waals surface area contributed by atoms with E-state index in [0.717, 1.165) is 0 Å². The number of benzene rings is 1. The highest BCUT2D eigenvalue weighted by atomic mass is 19.1.